The topological polar surface area (TPSA) is 58.4 Å². The number of likely N-dealkylation sites (N-methyl/N-ethyl adjacent to an activating group) is 1. The van der Waals surface area contributed by atoms with Crippen LogP contribution in [0.25, 0.3) is 0 Å². The molecule has 1 aromatic carbocycles. The van der Waals surface area contributed by atoms with Crippen molar-refractivity contribution in [3.05, 3.63) is 57.5 Å². The van der Waals surface area contributed by atoms with E-state index in [2.05, 4.69) is 4.90 Å². The van der Waals surface area contributed by atoms with Gasteiger partial charge in [0.1, 0.15) is 0 Å². The highest BCUT2D eigenvalue weighted by molar-refractivity contribution is 7.98. The van der Waals surface area contributed by atoms with Crippen molar-refractivity contribution in [2.75, 3.05) is 26.5 Å². The summed E-state index contributed by atoms with van der Waals surface area (Å²) in [5.74, 6) is 0. The van der Waals surface area contributed by atoms with Gasteiger partial charge in [0.15, 0.2) is 5.16 Å². The number of hydrogen-bond donors (Lipinski definition) is 1. The van der Waals surface area contributed by atoms with Crippen LogP contribution in [0, 0.1) is 0 Å². The van der Waals surface area contributed by atoms with Crippen LogP contribution in [0.1, 0.15) is 22.9 Å². The first kappa shape index (κ1) is 16.2. The molecule has 0 saturated heterocycles. The van der Waals surface area contributed by atoms with Crippen molar-refractivity contribution in [2.45, 2.75) is 24.2 Å². The molecule has 1 aromatic heterocycles. The molecule has 1 aliphatic heterocycles. The SMILES string of the molecule is CSc1nc2c(c(=O)n1C(CO)c1ccccc1)CCN(C)C2. The van der Waals surface area contributed by atoms with Crippen molar-refractivity contribution in [3.8, 4) is 0 Å². The van der Waals surface area contributed by atoms with E-state index in [1.807, 2.05) is 43.6 Å². The summed E-state index contributed by atoms with van der Waals surface area (Å²) in [6.07, 6.45) is 2.62. The summed E-state index contributed by atoms with van der Waals surface area (Å²) in [5, 5.41) is 10.6. The molecule has 2 aromatic rings. The first-order chi connectivity index (χ1) is 11.2. The number of benzene rings is 1. The lowest BCUT2D eigenvalue weighted by Gasteiger charge is -2.27. The maximum Gasteiger partial charge on any atom is 0.258 e. The van der Waals surface area contributed by atoms with Gasteiger partial charge in [-0.15, -0.1) is 0 Å². The number of nitrogens with zero attached hydrogens (tertiary/aromatic N) is 3. The average molecular weight is 331 g/mol. The van der Waals surface area contributed by atoms with Gasteiger partial charge in [-0.1, -0.05) is 42.1 Å². The van der Waals surface area contributed by atoms with Crippen LogP contribution >= 0.6 is 11.8 Å². The fourth-order valence-corrected chi connectivity index (χ4v) is 3.65. The fraction of sp³-hybridized carbons (Fsp3) is 0.412. The van der Waals surface area contributed by atoms with Gasteiger partial charge < -0.3 is 10.0 Å². The van der Waals surface area contributed by atoms with Gasteiger partial charge in [-0.05, 0) is 25.3 Å². The predicted molar refractivity (Wildman–Crippen MR) is 92.0 cm³/mol. The van der Waals surface area contributed by atoms with Gasteiger partial charge in [-0.25, -0.2) is 4.98 Å². The molecule has 0 bridgehead atoms. The van der Waals surface area contributed by atoms with Crippen molar-refractivity contribution in [3.63, 3.8) is 0 Å². The molecule has 1 N–H and O–H groups in total. The first-order valence-electron chi connectivity index (χ1n) is 7.68. The zero-order chi connectivity index (χ0) is 16.4. The molecule has 2 heterocycles. The molecule has 0 aliphatic carbocycles. The summed E-state index contributed by atoms with van der Waals surface area (Å²) >= 11 is 1.44. The van der Waals surface area contributed by atoms with E-state index < -0.39 is 6.04 Å². The standard InChI is InChI=1S/C17H21N3O2S/c1-19-9-8-13-14(10-19)18-17(23-2)20(16(13)22)15(11-21)12-6-4-3-5-7-12/h3-7,15,21H,8-11H2,1-2H3. The average Bonchev–Trinajstić information content (AvgIpc) is 2.58. The van der Waals surface area contributed by atoms with Gasteiger partial charge in [0.2, 0.25) is 0 Å². The minimum Gasteiger partial charge on any atom is -0.394 e. The smallest absolute Gasteiger partial charge is 0.258 e. The maximum atomic E-state index is 13.1. The molecule has 1 aliphatic rings. The Hall–Kier alpha value is -1.63. The van der Waals surface area contributed by atoms with E-state index in [0.717, 1.165) is 23.4 Å². The molecule has 0 amide bonds. The van der Waals surface area contributed by atoms with E-state index in [9.17, 15) is 9.90 Å². The van der Waals surface area contributed by atoms with E-state index in [-0.39, 0.29) is 12.2 Å². The van der Waals surface area contributed by atoms with Crippen LogP contribution in [0.2, 0.25) is 0 Å². The van der Waals surface area contributed by atoms with Crippen molar-refractivity contribution in [1.29, 1.82) is 0 Å². The van der Waals surface area contributed by atoms with Crippen LogP contribution in [0.3, 0.4) is 0 Å². The lowest BCUT2D eigenvalue weighted by atomic mass is 10.0. The summed E-state index contributed by atoms with van der Waals surface area (Å²) in [6, 6.07) is 9.24. The normalized spacial score (nSPS) is 16.1. The summed E-state index contributed by atoms with van der Waals surface area (Å²) in [5.41, 5.74) is 2.56. The van der Waals surface area contributed by atoms with E-state index in [1.54, 1.807) is 4.57 Å². The highest BCUT2D eigenvalue weighted by Crippen LogP contribution is 2.24. The van der Waals surface area contributed by atoms with E-state index in [1.165, 1.54) is 11.8 Å². The van der Waals surface area contributed by atoms with Crippen molar-refractivity contribution in [1.82, 2.24) is 14.5 Å². The molecule has 0 radical (unpaired) electrons. The minimum atomic E-state index is -0.399. The summed E-state index contributed by atoms with van der Waals surface area (Å²) in [6.45, 7) is 1.43. The summed E-state index contributed by atoms with van der Waals surface area (Å²) in [4.78, 5) is 19.9. The Balaban J connectivity index is 2.16. The van der Waals surface area contributed by atoms with Crippen LogP contribution in [0.4, 0.5) is 0 Å². The Morgan fingerprint density at radius 3 is 2.74 bits per heavy atom. The number of thioether (sulfide) groups is 1. The van der Waals surface area contributed by atoms with Crippen LogP contribution in [0.15, 0.2) is 40.3 Å². The number of aliphatic hydroxyl groups is 1. The number of rotatable bonds is 4. The Labute approximate surface area is 140 Å². The molecular formula is C17H21N3O2S. The van der Waals surface area contributed by atoms with E-state index in [4.69, 9.17) is 4.98 Å². The molecular weight excluding hydrogens is 310 g/mol. The summed E-state index contributed by atoms with van der Waals surface area (Å²) in [7, 11) is 2.04. The maximum absolute atomic E-state index is 13.1. The molecule has 0 fully saturated rings. The van der Waals surface area contributed by atoms with Gasteiger partial charge in [0.05, 0.1) is 18.3 Å². The molecule has 6 heteroatoms. The van der Waals surface area contributed by atoms with Crippen LogP contribution < -0.4 is 5.56 Å². The van der Waals surface area contributed by atoms with E-state index in [0.29, 0.717) is 18.1 Å². The molecule has 3 rings (SSSR count). The highest BCUT2D eigenvalue weighted by atomic mass is 32.2. The molecule has 1 unspecified atom stereocenters. The van der Waals surface area contributed by atoms with Gasteiger partial charge in [-0.2, -0.15) is 0 Å². The fourth-order valence-electron chi connectivity index (χ4n) is 3.04. The molecule has 5 nitrogen and oxygen atoms in total. The Kier molecular flexibility index (Phi) is 4.84. The largest absolute Gasteiger partial charge is 0.394 e. The Bertz CT molecular complexity index is 745. The van der Waals surface area contributed by atoms with Crippen LogP contribution in [-0.2, 0) is 13.0 Å². The molecule has 23 heavy (non-hydrogen) atoms. The third kappa shape index (κ3) is 3.06. The summed E-state index contributed by atoms with van der Waals surface area (Å²) < 4.78 is 1.66. The van der Waals surface area contributed by atoms with Gasteiger partial charge in [-0.3, -0.25) is 9.36 Å². The highest BCUT2D eigenvalue weighted by Gasteiger charge is 2.25. The second kappa shape index (κ2) is 6.86. The lowest BCUT2D eigenvalue weighted by Crippen LogP contribution is -2.38. The van der Waals surface area contributed by atoms with Crippen molar-refractivity contribution in [2.24, 2.45) is 0 Å². The zero-order valence-electron chi connectivity index (χ0n) is 13.4. The predicted octanol–water partition coefficient (Wildman–Crippen LogP) is 1.53. The number of aromatic nitrogens is 2. The van der Waals surface area contributed by atoms with Crippen molar-refractivity contribution >= 4 is 11.8 Å². The Morgan fingerprint density at radius 2 is 2.09 bits per heavy atom. The third-order valence-electron chi connectivity index (χ3n) is 4.28. The molecule has 1 atom stereocenters. The van der Waals surface area contributed by atoms with Gasteiger partial charge >= 0.3 is 0 Å². The molecule has 122 valence electrons. The zero-order valence-corrected chi connectivity index (χ0v) is 14.2. The second-order valence-electron chi connectivity index (χ2n) is 5.80. The molecule has 0 saturated carbocycles. The lowest BCUT2D eigenvalue weighted by molar-refractivity contribution is 0.236. The third-order valence-corrected chi connectivity index (χ3v) is 4.93. The van der Waals surface area contributed by atoms with Crippen molar-refractivity contribution < 1.29 is 5.11 Å². The minimum absolute atomic E-state index is 0.0182. The van der Waals surface area contributed by atoms with Crippen LogP contribution in [0.5, 0.6) is 0 Å². The Morgan fingerprint density at radius 1 is 1.35 bits per heavy atom. The number of fused-ring (bicyclic) bond motifs is 1. The van der Waals surface area contributed by atoms with Gasteiger partial charge in [0.25, 0.3) is 5.56 Å². The quantitative estimate of drug-likeness (QED) is 0.680. The second-order valence-corrected chi connectivity index (χ2v) is 6.57. The molecule has 0 spiro atoms. The van der Waals surface area contributed by atoms with Crippen LogP contribution in [-0.4, -0.2) is 46.0 Å². The number of aliphatic hydroxyl groups excluding tert-OH is 1. The van der Waals surface area contributed by atoms with Gasteiger partial charge in [0, 0.05) is 18.7 Å². The monoisotopic (exact) mass is 331 g/mol. The number of hydrogen-bond acceptors (Lipinski definition) is 5. The first-order valence-corrected chi connectivity index (χ1v) is 8.90. The van der Waals surface area contributed by atoms with E-state index >= 15 is 0 Å².